The molecule has 5 atom stereocenters. The fraction of sp³-hybridized carbons (Fsp3) is 0.743. The zero-order valence-corrected chi connectivity index (χ0v) is 31.7. The van der Waals surface area contributed by atoms with E-state index in [9.17, 15) is 4.79 Å². The molecule has 2 aliphatic rings. The minimum Gasteiger partial charge on any atom is -0.548 e. The van der Waals surface area contributed by atoms with Crippen molar-refractivity contribution in [3.05, 3.63) is 41.7 Å². The number of rotatable bonds is 16. The Hall–Kier alpha value is -1.70. The van der Waals surface area contributed by atoms with E-state index in [2.05, 4.69) is 53.4 Å². The van der Waals surface area contributed by atoms with Crippen molar-refractivity contribution in [2.24, 2.45) is 0 Å². The first-order valence-corrected chi connectivity index (χ1v) is 22.9. The van der Waals surface area contributed by atoms with Crippen LogP contribution in [0.1, 0.15) is 85.6 Å². The summed E-state index contributed by atoms with van der Waals surface area (Å²) in [6.07, 6.45) is 5.15. The number of hydrogen-bond donors (Lipinski definition) is 0. The molecule has 0 bridgehead atoms. The van der Waals surface area contributed by atoms with Gasteiger partial charge in [-0.1, -0.05) is 39.0 Å². The van der Waals surface area contributed by atoms with Crippen LogP contribution in [-0.2, 0) is 39.2 Å². The Morgan fingerprint density at radius 3 is 2.22 bits per heavy atom. The minimum absolute atomic E-state index is 0.161. The van der Waals surface area contributed by atoms with Gasteiger partial charge in [0.25, 0.3) is 0 Å². The van der Waals surface area contributed by atoms with Crippen LogP contribution < -0.4 is 4.74 Å². The summed E-state index contributed by atoms with van der Waals surface area (Å²) in [5.74, 6) is 0.555. The first-order chi connectivity index (χ1) is 21.2. The molecule has 2 saturated heterocycles. The molecular formula is C35H60O8Si2. The minimum atomic E-state index is -1.96. The third kappa shape index (κ3) is 11.5. The van der Waals surface area contributed by atoms with Crippen molar-refractivity contribution in [3.63, 3.8) is 0 Å². The van der Waals surface area contributed by atoms with Crippen LogP contribution in [0.25, 0.3) is 0 Å². The first kappa shape index (κ1) is 37.8. The highest BCUT2D eigenvalue weighted by Crippen LogP contribution is 2.48. The highest BCUT2D eigenvalue weighted by atomic mass is 28.4. The predicted octanol–water partition coefficient (Wildman–Crippen LogP) is 8.51. The molecule has 0 radical (unpaired) electrons. The molecule has 3 rings (SSSR count). The van der Waals surface area contributed by atoms with Gasteiger partial charge in [-0.2, -0.15) is 0 Å². The second-order valence-corrected chi connectivity index (χ2v) is 23.2. The molecule has 2 aliphatic heterocycles. The van der Waals surface area contributed by atoms with Crippen molar-refractivity contribution >= 4 is 22.6 Å². The van der Waals surface area contributed by atoms with Crippen LogP contribution in [0.15, 0.2) is 36.1 Å². The van der Waals surface area contributed by atoms with Gasteiger partial charge in [0.2, 0.25) is 8.32 Å². The maximum atomic E-state index is 12.2. The zero-order valence-electron chi connectivity index (χ0n) is 29.7. The van der Waals surface area contributed by atoms with Gasteiger partial charge >= 0.3 is 5.97 Å². The molecular weight excluding hydrogens is 605 g/mol. The van der Waals surface area contributed by atoms with Crippen LogP contribution in [-0.4, -0.2) is 66.0 Å². The average Bonchev–Trinajstić information content (AvgIpc) is 2.96. The van der Waals surface area contributed by atoms with E-state index in [1.54, 1.807) is 7.11 Å². The first-order valence-electron chi connectivity index (χ1n) is 17.0. The quantitative estimate of drug-likeness (QED) is 0.0753. The van der Waals surface area contributed by atoms with Crippen molar-refractivity contribution in [3.8, 4) is 5.75 Å². The van der Waals surface area contributed by atoms with Crippen molar-refractivity contribution in [1.82, 2.24) is 0 Å². The van der Waals surface area contributed by atoms with Crippen LogP contribution in [0, 0.1) is 0 Å². The van der Waals surface area contributed by atoms with Gasteiger partial charge in [0, 0.05) is 45.6 Å². The summed E-state index contributed by atoms with van der Waals surface area (Å²) >= 11 is 0. The van der Waals surface area contributed by atoms with E-state index in [0.717, 1.165) is 41.6 Å². The van der Waals surface area contributed by atoms with E-state index in [1.165, 1.54) is 6.92 Å². The van der Waals surface area contributed by atoms with Gasteiger partial charge in [-0.25, -0.2) is 0 Å². The smallest absolute Gasteiger partial charge is 0.302 e. The molecule has 8 nitrogen and oxygen atoms in total. The number of benzene rings is 1. The molecule has 0 aromatic heterocycles. The maximum absolute atomic E-state index is 12.2. The van der Waals surface area contributed by atoms with Crippen molar-refractivity contribution in [2.75, 3.05) is 13.7 Å². The number of ether oxygens (including phenoxy) is 5. The standard InChI is InChI=1S/C35H60O8Si2/c1-11-29(42-44(8,9)10)21-33-23-34(6,43-45(12-2,13-3)14-4)26-35(41-33)24-32(39-27(5)36)22-31(40-35)19-20-38-25-28-15-17-30(37-7)18-16-28/h11,15-18,31-33H,12-14,19-26H2,1-10H3/b29-11-/t31-,32-,33-,34-,35+/m0/s1. The van der Waals surface area contributed by atoms with Crippen LogP contribution >= 0.6 is 0 Å². The summed E-state index contributed by atoms with van der Waals surface area (Å²) in [5.41, 5.74) is 0.639. The van der Waals surface area contributed by atoms with Gasteiger partial charge in [-0.05, 0) is 75.7 Å². The molecule has 1 spiro atoms. The summed E-state index contributed by atoms with van der Waals surface area (Å²) in [6.45, 7) is 20.2. The van der Waals surface area contributed by atoms with Gasteiger partial charge in [0.15, 0.2) is 14.1 Å². The van der Waals surface area contributed by atoms with E-state index < -0.39 is 28.0 Å². The summed E-state index contributed by atoms with van der Waals surface area (Å²) in [5, 5.41) is 0. The molecule has 0 aliphatic carbocycles. The number of esters is 1. The molecule has 0 saturated carbocycles. The van der Waals surface area contributed by atoms with Crippen LogP contribution in [0.5, 0.6) is 5.75 Å². The molecule has 0 N–H and O–H groups in total. The molecule has 45 heavy (non-hydrogen) atoms. The second kappa shape index (κ2) is 16.4. The largest absolute Gasteiger partial charge is 0.548 e. The Bertz CT molecular complexity index is 1090. The lowest BCUT2D eigenvalue weighted by Gasteiger charge is -2.55. The lowest BCUT2D eigenvalue weighted by Crippen LogP contribution is -2.61. The number of allylic oxidation sites excluding steroid dienone is 1. The lowest BCUT2D eigenvalue weighted by molar-refractivity contribution is -0.349. The van der Waals surface area contributed by atoms with E-state index >= 15 is 0 Å². The molecule has 0 amide bonds. The fourth-order valence-corrected chi connectivity index (χ4v) is 11.1. The van der Waals surface area contributed by atoms with Gasteiger partial charge in [0.1, 0.15) is 11.9 Å². The normalized spacial score (nSPS) is 27.8. The highest BCUT2D eigenvalue weighted by molar-refractivity contribution is 6.73. The van der Waals surface area contributed by atoms with Crippen LogP contribution in [0.3, 0.4) is 0 Å². The second-order valence-electron chi connectivity index (χ2n) is 14.1. The SMILES string of the molecule is C/C=C(/C[C@H]1C[C@](C)(O[Si](CC)(CC)CC)C[C@@]2(C[C@@H](OC(C)=O)C[C@H](CCOCc3ccc(OC)cc3)O2)O1)O[Si](C)(C)C. The van der Waals surface area contributed by atoms with Gasteiger partial charge in [0.05, 0.1) is 37.3 Å². The Labute approximate surface area is 274 Å². The number of carbonyl (C=O) groups excluding carboxylic acids is 1. The third-order valence-electron chi connectivity index (χ3n) is 9.06. The molecule has 0 unspecified atom stereocenters. The molecule has 256 valence electrons. The molecule has 2 fully saturated rings. The number of hydrogen-bond acceptors (Lipinski definition) is 8. The van der Waals surface area contributed by atoms with Crippen LogP contribution in [0.2, 0.25) is 37.8 Å². The average molecular weight is 665 g/mol. The van der Waals surface area contributed by atoms with Crippen molar-refractivity contribution in [1.29, 1.82) is 0 Å². The lowest BCUT2D eigenvalue weighted by atomic mass is 9.81. The Balaban J connectivity index is 1.85. The van der Waals surface area contributed by atoms with Gasteiger partial charge < -0.3 is 32.5 Å². The summed E-state index contributed by atoms with van der Waals surface area (Å²) in [6, 6.07) is 11.1. The van der Waals surface area contributed by atoms with Gasteiger partial charge in [-0.3, -0.25) is 4.79 Å². The summed E-state index contributed by atoms with van der Waals surface area (Å²) < 4.78 is 44.9. The Kier molecular flexibility index (Phi) is 13.8. The summed E-state index contributed by atoms with van der Waals surface area (Å²) in [7, 11) is -2.11. The number of methoxy groups -OCH3 is 1. The molecule has 1 aromatic rings. The monoisotopic (exact) mass is 664 g/mol. The fourth-order valence-electron chi connectivity index (χ4n) is 6.97. The van der Waals surface area contributed by atoms with Crippen molar-refractivity contribution < 1.29 is 37.3 Å². The molecule has 1 aromatic carbocycles. The summed E-state index contributed by atoms with van der Waals surface area (Å²) in [4.78, 5) is 12.2. The van der Waals surface area contributed by atoms with Crippen LogP contribution in [0.4, 0.5) is 0 Å². The highest BCUT2D eigenvalue weighted by Gasteiger charge is 2.55. The van der Waals surface area contributed by atoms with E-state index in [0.29, 0.717) is 45.3 Å². The number of carbonyl (C=O) groups is 1. The zero-order chi connectivity index (χ0) is 33.3. The third-order valence-corrected chi connectivity index (χ3v) is 14.7. The Morgan fingerprint density at radius 1 is 1.02 bits per heavy atom. The topological polar surface area (TPSA) is 81.7 Å². The Morgan fingerprint density at radius 2 is 1.67 bits per heavy atom. The van der Waals surface area contributed by atoms with E-state index in [1.807, 2.05) is 31.2 Å². The van der Waals surface area contributed by atoms with Crippen molar-refractivity contribution in [2.45, 2.75) is 154 Å². The molecule has 2 heterocycles. The van der Waals surface area contributed by atoms with E-state index in [-0.39, 0.29) is 24.3 Å². The maximum Gasteiger partial charge on any atom is 0.302 e. The molecule has 10 heteroatoms. The van der Waals surface area contributed by atoms with Gasteiger partial charge in [-0.15, -0.1) is 0 Å². The van der Waals surface area contributed by atoms with E-state index in [4.69, 9.17) is 32.5 Å². The predicted molar refractivity (Wildman–Crippen MR) is 183 cm³/mol.